The van der Waals surface area contributed by atoms with Gasteiger partial charge in [0, 0.05) is 5.56 Å². The topological polar surface area (TPSA) is 86.2 Å². The first kappa shape index (κ1) is 23.5. The van der Waals surface area contributed by atoms with Crippen LogP contribution in [0.4, 0.5) is 4.39 Å². The van der Waals surface area contributed by atoms with Gasteiger partial charge in [0.05, 0.1) is 25.5 Å². The molecule has 0 aliphatic rings. The highest BCUT2D eigenvalue weighted by Crippen LogP contribution is 2.28. The molecule has 8 heteroatoms. The summed E-state index contributed by atoms with van der Waals surface area (Å²) in [6, 6.07) is 16.6. The molecule has 0 aliphatic carbocycles. The lowest BCUT2D eigenvalue weighted by Gasteiger charge is -2.10. The molecule has 3 rings (SSSR count). The van der Waals surface area contributed by atoms with Gasteiger partial charge in [-0.15, -0.1) is 0 Å². The quantitative estimate of drug-likeness (QED) is 0.223. The molecule has 0 aromatic heterocycles. The van der Waals surface area contributed by atoms with Gasteiger partial charge in [-0.2, -0.15) is 5.10 Å². The molecule has 7 nitrogen and oxygen atoms in total. The van der Waals surface area contributed by atoms with Crippen molar-refractivity contribution in [3.8, 4) is 17.2 Å². The SMILES string of the molecule is CCCOc1ccc(C(=O)Oc2ccc(C=NNC(=O)c3ccc(F)cc3)cc2OC)cc1. The van der Waals surface area contributed by atoms with E-state index in [1.807, 2.05) is 6.92 Å². The Kier molecular flexibility index (Phi) is 8.13. The highest BCUT2D eigenvalue weighted by molar-refractivity contribution is 5.95. The van der Waals surface area contributed by atoms with Crippen LogP contribution in [-0.2, 0) is 0 Å². The standard InChI is InChI=1S/C25H23FN2O5/c1-3-14-32-21-11-7-19(8-12-21)25(30)33-22-13-4-17(15-23(22)31-2)16-27-28-24(29)18-5-9-20(26)10-6-18/h4-13,15-16H,3,14H2,1-2H3,(H,28,29). The van der Waals surface area contributed by atoms with Crippen molar-refractivity contribution < 1.29 is 28.2 Å². The minimum atomic E-state index is -0.539. The number of halogens is 1. The lowest BCUT2D eigenvalue weighted by atomic mass is 10.2. The van der Waals surface area contributed by atoms with E-state index < -0.39 is 17.7 Å². The van der Waals surface area contributed by atoms with Gasteiger partial charge in [-0.05, 0) is 78.7 Å². The first-order chi connectivity index (χ1) is 16.0. The molecule has 3 aromatic carbocycles. The predicted molar refractivity (Wildman–Crippen MR) is 122 cm³/mol. The average Bonchev–Trinajstić information content (AvgIpc) is 2.84. The van der Waals surface area contributed by atoms with Crippen LogP contribution in [0.3, 0.4) is 0 Å². The molecule has 0 spiro atoms. The molecule has 170 valence electrons. The smallest absolute Gasteiger partial charge is 0.343 e. The van der Waals surface area contributed by atoms with Crippen LogP contribution >= 0.6 is 0 Å². The minimum Gasteiger partial charge on any atom is -0.494 e. The zero-order chi connectivity index (χ0) is 23.6. The maximum atomic E-state index is 13.0. The van der Waals surface area contributed by atoms with Gasteiger partial charge in [0.2, 0.25) is 0 Å². The van der Waals surface area contributed by atoms with E-state index in [1.165, 1.54) is 37.6 Å². The van der Waals surface area contributed by atoms with E-state index in [2.05, 4.69) is 10.5 Å². The third-order valence-electron chi connectivity index (χ3n) is 4.44. The predicted octanol–water partition coefficient (Wildman–Crippen LogP) is 4.61. The lowest BCUT2D eigenvalue weighted by molar-refractivity contribution is 0.0729. The Morgan fingerprint density at radius 2 is 1.67 bits per heavy atom. The summed E-state index contributed by atoms with van der Waals surface area (Å²) in [4.78, 5) is 24.5. The number of rotatable bonds is 9. The highest BCUT2D eigenvalue weighted by atomic mass is 19.1. The number of hydrogen-bond donors (Lipinski definition) is 1. The summed E-state index contributed by atoms with van der Waals surface area (Å²) in [6.45, 7) is 2.62. The Morgan fingerprint density at radius 1 is 0.970 bits per heavy atom. The van der Waals surface area contributed by atoms with Crippen molar-refractivity contribution in [3.63, 3.8) is 0 Å². The summed E-state index contributed by atoms with van der Waals surface area (Å²) < 4.78 is 29.2. The fraction of sp³-hybridized carbons (Fsp3) is 0.160. The molecule has 0 bridgehead atoms. The molecular formula is C25H23FN2O5. The van der Waals surface area contributed by atoms with Gasteiger partial charge in [0.25, 0.3) is 5.91 Å². The number of amides is 1. The van der Waals surface area contributed by atoms with Crippen molar-refractivity contribution in [2.45, 2.75) is 13.3 Å². The summed E-state index contributed by atoms with van der Waals surface area (Å²) in [7, 11) is 1.45. The molecule has 0 atom stereocenters. The van der Waals surface area contributed by atoms with E-state index in [1.54, 1.807) is 42.5 Å². The first-order valence-electron chi connectivity index (χ1n) is 10.2. The molecule has 1 N–H and O–H groups in total. The summed E-state index contributed by atoms with van der Waals surface area (Å²) in [6.07, 6.45) is 2.30. The molecule has 33 heavy (non-hydrogen) atoms. The number of hydrogen-bond acceptors (Lipinski definition) is 6. The summed E-state index contributed by atoms with van der Waals surface area (Å²) in [5.41, 5.74) is 3.61. The van der Waals surface area contributed by atoms with Gasteiger partial charge >= 0.3 is 5.97 Å². The van der Waals surface area contributed by atoms with Crippen molar-refractivity contribution in [1.29, 1.82) is 0 Å². The van der Waals surface area contributed by atoms with Gasteiger partial charge in [0.1, 0.15) is 11.6 Å². The third-order valence-corrected chi connectivity index (χ3v) is 4.44. The number of methoxy groups -OCH3 is 1. The van der Waals surface area contributed by atoms with Gasteiger partial charge in [-0.3, -0.25) is 4.79 Å². The molecule has 1 amide bonds. The Balaban J connectivity index is 1.62. The lowest BCUT2D eigenvalue weighted by Crippen LogP contribution is -2.17. The number of nitrogens with zero attached hydrogens (tertiary/aromatic N) is 1. The van der Waals surface area contributed by atoms with Crippen LogP contribution in [0.2, 0.25) is 0 Å². The fourth-order valence-corrected chi connectivity index (χ4v) is 2.75. The number of carbonyl (C=O) groups excluding carboxylic acids is 2. The van der Waals surface area contributed by atoms with Gasteiger partial charge in [0.15, 0.2) is 11.5 Å². The molecule has 0 fully saturated rings. The third kappa shape index (κ3) is 6.64. The Labute approximate surface area is 190 Å². The van der Waals surface area contributed by atoms with E-state index in [0.29, 0.717) is 29.2 Å². The zero-order valence-electron chi connectivity index (χ0n) is 18.2. The van der Waals surface area contributed by atoms with E-state index >= 15 is 0 Å². The molecule has 3 aromatic rings. The van der Waals surface area contributed by atoms with E-state index in [0.717, 1.165) is 6.42 Å². The molecule has 0 aliphatic heterocycles. The first-order valence-corrected chi connectivity index (χ1v) is 10.2. The Hall–Kier alpha value is -4.20. The largest absolute Gasteiger partial charge is 0.494 e. The molecule has 0 unspecified atom stereocenters. The number of hydrazone groups is 1. The maximum Gasteiger partial charge on any atom is 0.343 e. The normalized spacial score (nSPS) is 10.6. The van der Waals surface area contributed by atoms with Crippen LogP contribution in [0.5, 0.6) is 17.2 Å². The number of ether oxygens (including phenoxy) is 3. The number of esters is 1. The monoisotopic (exact) mass is 450 g/mol. The van der Waals surface area contributed by atoms with E-state index in [9.17, 15) is 14.0 Å². The number of nitrogens with one attached hydrogen (secondary N) is 1. The molecule has 0 saturated carbocycles. The van der Waals surface area contributed by atoms with Crippen LogP contribution in [-0.4, -0.2) is 31.8 Å². The Bertz CT molecular complexity index is 1130. The van der Waals surface area contributed by atoms with E-state index in [4.69, 9.17) is 14.2 Å². The summed E-state index contributed by atoms with van der Waals surface area (Å²) >= 11 is 0. The van der Waals surface area contributed by atoms with Crippen molar-refractivity contribution in [1.82, 2.24) is 5.43 Å². The van der Waals surface area contributed by atoms with E-state index in [-0.39, 0.29) is 11.3 Å². The number of carbonyl (C=O) groups is 2. The van der Waals surface area contributed by atoms with Crippen LogP contribution in [0.15, 0.2) is 71.8 Å². The van der Waals surface area contributed by atoms with Crippen LogP contribution in [0.25, 0.3) is 0 Å². The second-order valence-corrected chi connectivity index (χ2v) is 6.88. The van der Waals surface area contributed by atoms with Crippen LogP contribution in [0, 0.1) is 5.82 Å². The molecular weight excluding hydrogens is 427 g/mol. The van der Waals surface area contributed by atoms with Crippen molar-refractivity contribution in [2.24, 2.45) is 5.10 Å². The van der Waals surface area contributed by atoms with Crippen molar-refractivity contribution in [3.05, 3.63) is 89.2 Å². The minimum absolute atomic E-state index is 0.237. The molecule has 0 heterocycles. The van der Waals surface area contributed by atoms with Gasteiger partial charge in [-0.25, -0.2) is 14.6 Å². The van der Waals surface area contributed by atoms with Gasteiger partial charge in [-0.1, -0.05) is 6.92 Å². The van der Waals surface area contributed by atoms with Crippen LogP contribution < -0.4 is 19.6 Å². The molecule has 0 saturated heterocycles. The van der Waals surface area contributed by atoms with Gasteiger partial charge < -0.3 is 14.2 Å². The zero-order valence-corrected chi connectivity index (χ0v) is 18.2. The second kappa shape index (κ2) is 11.4. The molecule has 0 radical (unpaired) electrons. The summed E-state index contributed by atoms with van der Waals surface area (Å²) in [5.74, 6) is -0.207. The highest BCUT2D eigenvalue weighted by Gasteiger charge is 2.13. The van der Waals surface area contributed by atoms with Crippen molar-refractivity contribution in [2.75, 3.05) is 13.7 Å². The second-order valence-electron chi connectivity index (χ2n) is 6.88. The summed E-state index contributed by atoms with van der Waals surface area (Å²) in [5, 5.41) is 3.89. The maximum absolute atomic E-state index is 13.0. The average molecular weight is 450 g/mol. The fourth-order valence-electron chi connectivity index (χ4n) is 2.75. The Morgan fingerprint density at radius 3 is 2.33 bits per heavy atom. The van der Waals surface area contributed by atoms with Crippen LogP contribution in [0.1, 0.15) is 39.6 Å². The van der Waals surface area contributed by atoms with Crippen molar-refractivity contribution >= 4 is 18.1 Å². The number of benzene rings is 3.